The Morgan fingerprint density at radius 2 is 1.70 bits per heavy atom. The maximum absolute atomic E-state index is 12.7. The second-order valence-corrected chi connectivity index (χ2v) is 7.51. The van der Waals surface area contributed by atoms with Gasteiger partial charge in [0.05, 0.1) is 14.2 Å². The van der Waals surface area contributed by atoms with Gasteiger partial charge in [-0.25, -0.2) is 13.1 Å². The molecule has 0 amide bonds. The molecule has 23 heavy (non-hydrogen) atoms. The molecule has 2 aromatic carbocycles. The third-order valence-corrected chi connectivity index (χ3v) is 5.45. The first-order valence-corrected chi connectivity index (χ1v) is 9.15. The average molecular weight is 400 g/mol. The minimum absolute atomic E-state index is 0.0447. The van der Waals surface area contributed by atoms with Gasteiger partial charge in [-0.3, -0.25) is 0 Å². The highest BCUT2D eigenvalue weighted by Crippen LogP contribution is 2.29. The molecule has 0 aliphatic carbocycles. The summed E-state index contributed by atoms with van der Waals surface area (Å²) in [6, 6.07) is 11.7. The van der Waals surface area contributed by atoms with Gasteiger partial charge in [-0.2, -0.15) is 0 Å². The minimum Gasteiger partial charge on any atom is -0.497 e. The molecule has 5 nitrogen and oxygen atoms in total. The highest BCUT2D eigenvalue weighted by molar-refractivity contribution is 9.10. The van der Waals surface area contributed by atoms with Gasteiger partial charge in [-0.15, -0.1) is 0 Å². The Labute approximate surface area is 144 Å². The van der Waals surface area contributed by atoms with Crippen molar-refractivity contribution in [2.24, 2.45) is 0 Å². The fourth-order valence-corrected chi connectivity index (χ4v) is 3.79. The molecule has 0 aromatic heterocycles. The third kappa shape index (κ3) is 4.25. The van der Waals surface area contributed by atoms with E-state index < -0.39 is 10.0 Å². The third-order valence-electron chi connectivity index (χ3n) is 3.36. The molecule has 1 N–H and O–H groups in total. The summed E-state index contributed by atoms with van der Waals surface area (Å²) < 4.78 is 39.2. The zero-order valence-electron chi connectivity index (χ0n) is 13.0. The fraction of sp³-hybridized carbons (Fsp3) is 0.250. The molecule has 0 saturated heterocycles. The van der Waals surface area contributed by atoms with Crippen molar-refractivity contribution in [1.82, 2.24) is 4.72 Å². The number of rotatable bonds is 6. The lowest BCUT2D eigenvalue weighted by Crippen LogP contribution is -2.27. The minimum atomic E-state index is -3.76. The smallest absolute Gasteiger partial charge is 0.244 e. The number of sulfonamides is 1. The van der Waals surface area contributed by atoms with Crippen LogP contribution in [-0.2, 0) is 10.0 Å². The van der Waals surface area contributed by atoms with Gasteiger partial charge in [0.1, 0.15) is 16.4 Å². The Balaban J connectivity index is 2.33. The molecule has 1 atom stereocenters. The Hall–Kier alpha value is -1.57. The fourth-order valence-electron chi connectivity index (χ4n) is 2.11. The Morgan fingerprint density at radius 3 is 2.26 bits per heavy atom. The topological polar surface area (TPSA) is 64.6 Å². The molecule has 0 aliphatic rings. The van der Waals surface area contributed by atoms with Crippen molar-refractivity contribution in [3.05, 3.63) is 52.5 Å². The normalized spacial score (nSPS) is 12.7. The van der Waals surface area contributed by atoms with Crippen molar-refractivity contribution < 1.29 is 17.9 Å². The Morgan fingerprint density at radius 1 is 1.04 bits per heavy atom. The summed E-state index contributed by atoms with van der Waals surface area (Å²) in [5, 5.41) is 0. The summed E-state index contributed by atoms with van der Waals surface area (Å²) in [5.41, 5.74) is 0.860. The summed E-state index contributed by atoms with van der Waals surface area (Å²) in [6.45, 7) is 1.79. The van der Waals surface area contributed by atoms with Gasteiger partial charge >= 0.3 is 0 Å². The van der Waals surface area contributed by atoms with Crippen molar-refractivity contribution in [3.8, 4) is 11.5 Å². The van der Waals surface area contributed by atoms with Crippen molar-refractivity contribution in [1.29, 1.82) is 0 Å². The standard InChI is InChI=1S/C16H18BrNO4S/c1-11(12-4-6-13(17)7-5-12)18-23(19,20)16-10-14(21-2)8-9-15(16)22-3/h4-11,18H,1-3H3. The zero-order chi connectivity index (χ0) is 17.0. The van der Waals surface area contributed by atoms with E-state index in [9.17, 15) is 8.42 Å². The van der Waals surface area contributed by atoms with Gasteiger partial charge in [-0.1, -0.05) is 28.1 Å². The molecular weight excluding hydrogens is 382 g/mol. The second kappa shape index (κ2) is 7.33. The number of methoxy groups -OCH3 is 2. The lowest BCUT2D eigenvalue weighted by Gasteiger charge is -2.17. The largest absolute Gasteiger partial charge is 0.497 e. The van der Waals surface area contributed by atoms with Crippen LogP contribution in [0.5, 0.6) is 11.5 Å². The van der Waals surface area contributed by atoms with Crippen LogP contribution in [-0.4, -0.2) is 22.6 Å². The summed E-state index contributed by atoms with van der Waals surface area (Å²) in [4.78, 5) is 0.0447. The quantitative estimate of drug-likeness (QED) is 0.806. The van der Waals surface area contributed by atoms with Crippen LogP contribution in [0.4, 0.5) is 0 Å². The van der Waals surface area contributed by atoms with Gasteiger partial charge < -0.3 is 9.47 Å². The number of benzene rings is 2. The van der Waals surface area contributed by atoms with Crippen molar-refractivity contribution in [3.63, 3.8) is 0 Å². The van der Waals surface area contributed by atoms with Crippen LogP contribution in [0.25, 0.3) is 0 Å². The van der Waals surface area contributed by atoms with E-state index in [0.29, 0.717) is 5.75 Å². The highest BCUT2D eigenvalue weighted by atomic mass is 79.9. The maximum Gasteiger partial charge on any atom is 0.244 e. The predicted molar refractivity (Wildman–Crippen MR) is 92.4 cm³/mol. The van der Waals surface area contributed by atoms with Crippen LogP contribution in [0.3, 0.4) is 0 Å². The van der Waals surface area contributed by atoms with E-state index in [4.69, 9.17) is 9.47 Å². The first kappa shape index (κ1) is 17.8. The second-order valence-electron chi connectivity index (χ2n) is 4.91. The summed E-state index contributed by atoms with van der Waals surface area (Å²) in [7, 11) is -0.848. The average Bonchev–Trinajstić information content (AvgIpc) is 2.54. The van der Waals surface area contributed by atoms with E-state index in [1.54, 1.807) is 19.1 Å². The monoisotopic (exact) mass is 399 g/mol. The molecular formula is C16H18BrNO4S. The zero-order valence-corrected chi connectivity index (χ0v) is 15.4. The molecule has 0 saturated carbocycles. The van der Waals surface area contributed by atoms with E-state index in [1.807, 2.05) is 24.3 Å². The van der Waals surface area contributed by atoms with Crippen molar-refractivity contribution in [2.45, 2.75) is 17.9 Å². The lowest BCUT2D eigenvalue weighted by molar-refractivity contribution is 0.391. The van der Waals surface area contributed by atoms with Crippen LogP contribution in [0, 0.1) is 0 Å². The van der Waals surface area contributed by atoms with Gasteiger partial charge in [0.2, 0.25) is 10.0 Å². The maximum atomic E-state index is 12.7. The molecule has 2 rings (SSSR count). The van der Waals surface area contributed by atoms with Crippen LogP contribution < -0.4 is 14.2 Å². The molecule has 0 aliphatic heterocycles. The molecule has 0 radical (unpaired) electrons. The van der Waals surface area contributed by atoms with Crippen LogP contribution in [0.15, 0.2) is 51.8 Å². The molecule has 1 unspecified atom stereocenters. The number of hydrogen-bond donors (Lipinski definition) is 1. The van der Waals surface area contributed by atoms with E-state index in [1.165, 1.54) is 20.3 Å². The molecule has 124 valence electrons. The summed E-state index contributed by atoms with van der Waals surface area (Å²) >= 11 is 3.36. The molecule has 0 bridgehead atoms. The van der Waals surface area contributed by atoms with E-state index >= 15 is 0 Å². The Bertz CT molecular complexity index is 775. The van der Waals surface area contributed by atoms with Crippen LogP contribution >= 0.6 is 15.9 Å². The molecule has 2 aromatic rings. The molecule has 0 fully saturated rings. The van der Waals surface area contributed by atoms with Crippen LogP contribution in [0.1, 0.15) is 18.5 Å². The first-order valence-electron chi connectivity index (χ1n) is 6.87. The van der Waals surface area contributed by atoms with Crippen LogP contribution in [0.2, 0.25) is 0 Å². The van der Waals surface area contributed by atoms with E-state index in [0.717, 1.165) is 10.0 Å². The summed E-state index contributed by atoms with van der Waals surface area (Å²) in [5.74, 6) is 0.712. The van der Waals surface area contributed by atoms with E-state index in [2.05, 4.69) is 20.7 Å². The van der Waals surface area contributed by atoms with Crippen molar-refractivity contribution >= 4 is 26.0 Å². The van der Waals surface area contributed by atoms with Crippen molar-refractivity contribution in [2.75, 3.05) is 14.2 Å². The van der Waals surface area contributed by atoms with Gasteiger partial charge in [0, 0.05) is 16.6 Å². The number of hydrogen-bond acceptors (Lipinski definition) is 4. The molecule has 7 heteroatoms. The molecule has 0 heterocycles. The highest BCUT2D eigenvalue weighted by Gasteiger charge is 2.23. The van der Waals surface area contributed by atoms with Gasteiger partial charge in [0.15, 0.2) is 0 Å². The number of nitrogens with one attached hydrogen (secondary N) is 1. The molecule has 0 spiro atoms. The lowest BCUT2D eigenvalue weighted by atomic mass is 10.1. The SMILES string of the molecule is COc1ccc(OC)c(S(=O)(=O)NC(C)c2ccc(Br)cc2)c1. The first-order chi connectivity index (χ1) is 10.9. The van der Waals surface area contributed by atoms with E-state index in [-0.39, 0.29) is 16.7 Å². The summed E-state index contributed by atoms with van der Waals surface area (Å²) in [6.07, 6.45) is 0. The number of ether oxygens (including phenoxy) is 2. The van der Waals surface area contributed by atoms with Gasteiger partial charge in [0.25, 0.3) is 0 Å². The van der Waals surface area contributed by atoms with Gasteiger partial charge in [-0.05, 0) is 36.8 Å². The number of halogens is 1. The predicted octanol–water partition coefficient (Wildman–Crippen LogP) is 3.51. The Kier molecular flexibility index (Phi) is 5.67.